The topological polar surface area (TPSA) is 48.9 Å². The number of hydrogen-bond donors (Lipinski definition) is 2. The van der Waals surface area contributed by atoms with Crippen molar-refractivity contribution in [3.63, 3.8) is 0 Å². The summed E-state index contributed by atoms with van der Waals surface area (Å²) in [5.41, 5.74) is 2.86. The molecule has 0 aromatic heterocycles. The Morgan fingerprint density at radius 3 is 2.66 bits per heavy atom. The Labute approximate surface area is 200 Å². The molecule has 2 aliphatic heterocycles. The molecule has 0 bridgehead atoms. The maximum absolute atomic E-state index is 5.37. The van der Waals surface area contributed by atoms with Crippen LogP contribution in [0.4, 0.5) is 0 Å². The summed E-state index contributed by atoms with van der Waals surface area (Å²) in [6.45, 7) is 8.75. The highest BCUT2D eigenvalue weighted by Gasteiger charge is 2.20. The SMILES string of the molecule is CCNC(=NCCC1=CCOCC1)NC1CCN(Cc2ccc(Br)cc2)CC1.I. The van der Waals surface area contributed by atoms with Crippen LogP contribution in [0, 0.1) is 0 Å². The number of piperidine rings is 1. The average Bonchev–Trinajstić information content (AvgIpc) is 2.72. The number of hydrogen-bond acceptors (Lipinski definition) is 3. The van der Waals surface area contributed by atoms with Gasteiger partial charge >= 0.3 is 0 Å². The fourth-order valence-electron chi connectivity index (χ4n) is 3.70. The Hall–Kier alpha value is -0.640. The van der Waals surface area contributed by atoms with Crippen molar-refractivity contribution >= 4 is 45.9 Å². The molecule has 2 N–H and O–H groups in total. The Morgan fingerprint density at radius 2 is 2.00 bits per heavy atom. The number of likely N-dealkylation sites (tertiary alicyclic amines) is 1. The van der Waals surface area contributed by atoms with Crippen LogP contribution in [0.5, 0.6) is 0 Å². The van der Waals surface area contributed by atoms with Gasteiger partial charge in [0.25, 0.3) is 0 Å². The first-order chi connectivity index (χ1) is 13.7. The van der Waals surface area contributed by atoms with Crippen molar-refractivity contribution in [2.24, 2.45) is 4.99 Å². The lowest BCUT2D eigenvalue weighted by molar-refractivity contribution is 0.153. The van der Waals surface area contributed by atoms with E-state index in [1.807, 2.05) is 0 Å². The zero-order valence-electron chi connectivity index (χ0n) is 17.3. The molecule has 29 heavy (non-hydrogen) atoms. The fourth-order valence-corrected chi connectivity index (χ4v) is 3.96. The molecule has 0 atom stereocenters. The molecule has 0 aliphatic carbocycles. The maximum Gasteiger partial charge on any atom is 0.191 e. The maximum atomic E-state index is 5.37. The molecule has 1 aromatic rings. The number of aliphatic imine (C=N–C) groups is 1. The Bertz CT molecular complexity index is 657. The van der Waals surface area contributed by atoms with Crippen molar-refractivity contribution in [2.45, 2.75) is 45.2 Å². The van der Waals surface area contributed by atoms with Crippen molar-refractivity contribution in [1.82, 2.24) is 15.5 Å². The van der Waals surface area contributed by atoms with Gasteiger partial charge in [0.05, 0.1) is 13.2 Å². The van der Waals surface area contributed by atoms with Crippen molar-refractivity contribution in [3.8, 4) is 0 Å². The van der Waals surface area contributed by atoms with E-state index in [-0.39, 0.29) is 24.0 Å². The van der Waals surface area contributed by atoms with Gasteiger partial charge in [0.1, 0.15) is 0 Å². The highest BCUT2D eigenvalue weighted by molar-refractivity contribution is 14.0. The van der Waals surface area contributed by atoms with Crippen LogP contribution in [0.1, 0.15) is 38.2 Å². The van der Waals surface area contributed by atoms with Gasteiger partial charge in [-0.25, -0.2) is 0 Å². The minimum atomic E-state index is 0. The van der Waals surface area contributed by atoms with E-state index in [0.29, 0.717) is 6.04 Å². The molecule has 1 aromatic carbocycles. The molecule has 5 nitrogen and oxygen atoms in total. The molecular formula is C22H34BrIN4O. The van der Waals surface area contributed by atoms with E-state index in [1.54, 1.807) is 0 Å². The summed E-state index contributed by atoms with van der Waals surface area (Å²) in [4.78, 5) is 7.34. The first kappa shape index (κ1) is 24.6. The van der Waals surface area contributed by atoms with E-state index in [0.717, 1.165) is 82.1 Å². The zero-order valence-corrected chi connectivity index (χ0v) is 21.2. The molecular weight excluding hydrogens is 543 g/mol. The van der Waals surface area contributed by atoms with E-state index in [2.05, 4.69) is 68.7 Å². The summed E-state index contributed by atoms with van der Waals surface area (Å²) in [5.74, 6) is 0.960. The van der Waals surface area contributed by atoms with Crippen molar-refractivity contribution in [2.75, 3.05) is 39.4 Å². The molecule has 7 heteroatoms. The molecule has 1 saturated heterocycles. The van der Waals surface area contributed by atoms with Crippen molar-refractivity contribution in [1.29, 1.82) is 0 Å². The second-order valence-electron chi connectivity index (χ2n) is 7.52. The molecule has 0 saturated carbocycles. The summed E-state index contributed by atoms with van der Waals surface area (Å²) in [7, 11) is 0. The summed E-state index contributed by atoms with van der Waals surface area (Å²) in [6, 6.07) is 9.16. The largest absolute Gasteiger partial charge is 0.377 e. The third-order valence-corrected chi connectivity index (χ3v) is 5.88. The lowest BCUT2D eigenvalue weighted by Crippen LogP contribution is -2.48. The Balaban J connectivity index is 0.00000300. The minimum Gasteiger partial charge on any atom is -0.377 e. The molecule has 0 unspecified atom stereocenters. The van der Waals surface area contributed by atoms with Crippen LogP contribution in [0.25, 0.3) is 0 Å². The second-order valence-corrected chi connectivity index (χ2v) is 8.43. The highest BCUT2D eigenvalue weighted by Crippen LogP contribution is 2.16. The Kier molecular flexibility index (Phi) is 11.6. The first-order valence-corrected chi connectivity index (χ1v) is 11.3. The van der Waals surface area contributed by atoms with Gasteiger partial charge in [-0.15, -0.1) is 24.0 Å². The van der Waals surface area contributed by atoms with Crippen LogP contribution >= 0.6 is 39.9 Å². The lowest BCUT2D eigenvalue weighted by Gasteiger charge is -2.33. The molecule has 0 radical (unpaired) electrons. The van der Waals surface area contributed by atoms with Gasteiger partial charge in [0.2, 0.25) is 0 Å². The van der Waals surface area contributed by atoms with Crippen LogP contribution in [-0.4, -0.2) is 56.3 Å². The average molecular weight is 577 g/mol. The van der Waals surface area contributed by atoms with Gasteiger partial charge in [-0.3, -0.25) is 9.89 Å². The summed E-state index contributed by atoms with van der Waals surface area (Å²) >= 11 is 3.51. The molecule has 2 heterocycles. The van der Waals surface area contributed by atoms with Gasteiger partial charge in [-0.1, -0.05) is 39.7 Å². The first-order valence-electron chi connectivity index (χ1n) is 10.5. The number of halogens is 2. The quantitative estimate of drug-likeness (QED) is 0.220. The van der Waals surface area contributed by atoms with E-state index >= 15 is 0 Å². The van der Waals surface area contributed by atoms with Gasteiger partial charge in [-0.2, -0.15) is 0 Å². The predicted molar refractivity (Wildman–Crippen MR) is 135 cm³/mol. The van der Waals surface area contributed by atoms with Gasteiger partial charge in [0.15, 0.2) is 5.96 Å². The Morgan fingerprint density at radius 1 is 1.24 bits per heavy atom. The van der Waals surface area contributed by atoms with E-state index in [4.69, 9.17) is 9.73 Å². The number of ether oxygens (including phenoxy) is 1. The normalized spacial score (nSPS) is 18.7. The van der Waals surface area contributed by atoms with E-state index < -0.39 is 0 Å². The summed E-state index contributed by atoms with van der Waals surface area (Å²) < 4.78 is 6.52. The van der Waals surface area contributed by atoms with Crippen LogP contribution < -0.4 is 10.6 Å². The standard InChI is InChI=1S/C22H33BrN4O.HI/c1-2-24-22(25-12-7-18-10-15-28-16-11-18)26-21-8-13-27(14-9-21)17-19-3-5-20(23)6-4-19;/h3-6,10,21H,2,7-9,11-17H2,1H3,(H2,24,25,26);1H. The lowest BCUT2D eigenvalue weighted by atomic mass is 10.0. The number of guanidine groups is 1. The molecule has 2 aliphatic rings. The van der Waals surface area contributed by atoms with E-state index in [9.17, 15) is 0 Å². The molecule has 1 fully saturated rings. The minimum absolute atomic E-state index is 0. The predicted octanol–water partition coefficient (Wildman–Crippen LogP) is 4.32. The smallest absolute Gasteiger partial charge is 0.191 e. The number of rotatable bonds is 7. The van der Waals surface area contributed by atoms with Crippen LogP contribution in [0.3, 0.4) is 0 Å². The van der Waals surface area contributed by atoms with E-state index in [1.165, 1.54) is 11.1 Å². The molecule has 3 rings (SSSR count). The van der Waals surface area contributed by atoms with Crippen molar-refractivity contribution < 1.29 is 4.74 Å². The summed E-state index contributed by atoms with van der Waals surface area (Å²) in [5, 5.41) is 7.05. The number of benzene rings is 1. The third kappa shape index (κ3) is 8.94. The van der Waals surface area contributed by atoms with Crippen molar-refractivity contribution in [3.05, 3.63) is 46.0 Å². The fraction of sp³-hybridized carbons (Fsp3) is 0.591. The molecule has 162 valence electrons. The molecule has 0 spiro atoms. The van der Waals surface area contributed by atoms with Crippen LogP contribution in [0.2, 0.25) is 0 Å². The van der Waals surface area contributed by atoms with Crippen LogP contribution in [0.15, 0.2) is 45.4 Å². The molecule has 0 amide bonds. The monoisotopic (exact) mass is 576 g/mol. The van der Waals surface area contributed by atoms with Crippen LogP contribution in [-0.2, 0) is 11.3 Å². The zero-order chi connectivity index (χ0) is 19.6. The second kappa shape index (κ2) is 13.6. The summed E-state index contributed by atoms with van der Waals surface area (Å²) in [6.07, 6.45) is 6.61. The third-order valence-electron chi connectivity index (χ3n) is 5.35. The highest BCUT2D eigenvalue weighted by atomic mass is 127. The van der Waals surface area contributed by atoms with Gasteiger partial charge in [0, 0.05) is 43.2 Å². The number of nitrogens with zero attached hydrogens (tertiary/aromatic N) is 2. The van der Waals surface area contributed by atoms with Gasteiger partial charge < -0.3 is 15.4 Å². The van der Waals surface area contributed by atoms with Gasteiger partial charge in [-0.05, 0) is 50.3 Å². The number of nitrogens with one attached hydrogen (secondary N) is 2.